The number of unbranched alkanes of at least 4 members (excludes halogenated alkanes) is 2. The molecule has 1 heterocycles. The summed E-state index contributed by atoms with van der Waals surface area (Å²) in [6, 6.07) is 10.1. The lowest BCUT2D eigenvalue weighted by molar-refractivity contribution is 0.282. The number of aryl methyl sites for hydroxylation is 1. The van der Waals surface area contributed by atoms with Gasteiger partial charge in [-0.15, -0.1) is 0 Å². The highest BCUT2D eigenvalue weighted by Gasteiger charge is 2.10. The lowest BCUT2D eigenvalue weighted by Crippen LogP contribution is -2.04. The molecule has 0 aliphatic carbocycles. The van der Waals surface area contributed by atoms with E-state index < -0.39 is 0 Å². The molecule has 2 aromatic rings. The van der Waals surface area contributed by atoms with Crippen molar-refractivity contribution in [3.63, 3.8) is 0 Å². The van der Waals surface area contributed by atoms with Gasteiger partial charge in [0.1, 0.15) is 5.75 Å². The van der Waals surface area contributed by atoms with E-state index in [2.05, 4.69) is 25.8 Å². The third-order valence-corrected chi connectivity index (χ3v) is 4.44. The summed E-state index contributed by atoms with van der Waals surface area (Å²) in [5.41, 5.74) is 2.10. The van der Waals surface area contributed by atoms with Crippen LogP contribution in [0.25, 0.3) is 11.4 Å². The normalized spacial score (nSPS) is 12.1. The second-order valence-electron chi connectivity index (χ2n) is 6.48. The van der Waals surface area contributed by atoms with Crippen LogP contribution in [0.3, 0.4) is 0 Å². The number of rotatable bonds is 10. The molecule has 0 bridgehead atoms. The van der Waals surface area contributed by atoms with E-state index in [1.54, 1.807) is 0 Å². The molecular weight excluding hydrogens is 296 g/mol. The van der Waals surface area contributed by atoms with E-state index in [0.717, 1.165) is 42.3 Å². The van der Waals surface area contributed by atoms with Gasteiger partial charge in [0.05, 0.1) is 12.2 Å². The molecule has 0 saturated heterocycles. The molecule has 0 radical (unpaired) electrons. The predicted octanol–water partition coefficient (Wildman–Crippen LogP) is 5.69. The first-order valence-corrected chi connectivity index (χ1v) is 9.28. The molecule has 0 N–H and O–H groups in total. The SMILES string of the molecule is CCCCCc1ccnc(-c2ccccc2OCCC(C)CC)n1. The Morgan fingerprint density at radius 1 is 1.08 bits per heavy atom. The molecule has 1 unspecified atom stereocenters. The fraction of sp³-hybridized carbons (Fsp3) is 0.524. The first-order chi connectivity index (χ1) is 11.7. The van der Waals surface area contributed by atoms with E-state index in [4.69, 9.17) is 9.72 Å². The molecule has 3 heteroatoms. The van der Waals surface area contributed by atoms with Crippen molar-refractivity contribution in [2.75, 3.05) is 6.61 Å². The summed E-state index contributed by atoms with van der Waals surface area (Å²) in [5.74, 6) is 2.34. The maximum absolute atomic E-state index is 6.02. The van der Waals surface area contributed by atoms with Crippen molar-refractivity contribution >= 4 is 0 Å². The number of benzene rings is 1. The van der Waals surface area contributed by atoms with Crippen molar-refractivity contribution in [2.45, 2.75) is 59.3 Å². The second-order valence-corrected chi connectivity index (χ2v) is 6.48. The zero-order valence-corrected chi connectivity index (χ0v) is 15.3. The van der Waals surface area contributed by atoms with Crippen molar-refractivity contribution in [2.24, 2.45) is 5.92 Å². The van der Waals surface area contributed by atoms with E-state index in [1.807, 2.05) is 36.5 Å². The molecule has 0 amide bonds. The number of ether oxygens (including phenoxy) is 1. The van der Waals surface area contributed by atoms with Gasteiger partial charge in [-0.2, -0.15) is 0 Å². The quantitative estimate of drug-likeness (QED) is 0.526. The van der Waals surface area contributed by atoms with Gasteiger partial charge in [-0.05, 0) is 43.4 Å². The van der Waals surface area contributed by atoms with E-state index in [1.165, 1.54) is 25.7 Å². The molecule has 0 fully saturated rings. The molecule has 1 aromatic carbocycles. The standard InChI is InChI=1S/C21H30N2O/c1-4-6-7-10-18-13-15-22-21(23-18)19-11-8-9-12-20(19)24-16-14-17(3)5-2/h8-9,11-13,15,17H,4-7,10,14,16H2,1-3H3. The summed E-state index contributed by atoms with van der Waals surface area (Å²) in [4.78, 5) is 9.21. The maximum Gasteiger partial charge on any atom is 0.163 e. The summed E-state index contributed by atoms with van der Waals surface area (Å²) in [6.45, 7) is 7.44. The van der Waals surface area contributed by atoms with Crippen molar-refractivity contribution < 1.29 is 4.74 Å². The van der Waals surface area contributed by atoms with E-state index in [0.29, 0.717) is 5.92 Å². The number of para-hydroxylation sites is 1. The van der Waals surface area contributed by atoms with Crippen LogP contribution in [0, 0.1) is 5.92 Å². The van der Waals surface area contributed by atoms with Crippen LogP contribution in [0.2, 0.25) is 0 Å². The van der Waals surface area contributed by atoms with Crippen LogP contribution >= 0.6 is 0 Å². The highest BCUT2D eigenvalue weighted by molar-refractivity contribution is 5.63. The van der Waals surface area contributed by atoms with Crippen molar-refractivity contribution in [3.05, 3.63) is 42.2 Å². The first-order valence-electron chi connectivity index (χ1n) is 9.28. The Morgan fingerprint density at radius 3 is 2.71 bits per heavy atom. The predicted molar refractivity (Wildman–Crippen MR) is 100 cm³/mol. The van der Waals surface area contributed by atoms with Crippen LogP contribution in [0.15, 0.2) is 36.5 Å². The number of hydrogen-bond acceptors (Lipinski definition) is 3. The van der Waals surface area contributed by atoms with Crippen molar-refractivity contribution in [1.29, 1.82) is 0 Å². The minimum atomic E-state index is 0.690. The van der Waals surface area contributed by atoms with Crippen LogP contribution < -0.4 is 4.74 Å². The summed E-state index contributed by atoms with van der Waals surface area (Å²) in [6.07, 6.45) is 8.79. The molecule has 0 aliphatic rings. The van der Waals surface area contributed by atoms with Crippen LogP contribution in [0.4, 0.5) is 0 Å². The zero-order chi connectivity index (χ0) is 17.2. The fourth-order valence-electron chi connectivity index (χ4n) is 2.57. The van der Waals surface area contributed by atoms with Gasteiger partial charge in [-0.1, -0.05) is 52.2 Å². The molecule has 1 atom stereocenters. The van der Waals surface area contributed by atoms with Gasteiger partial charge in [0.15, 0.2) is 5.82 Å². The first kappa shape index (κ1) is 18.4. The molecule has 1 aromatic heterocycles. The van der Waals surface area contributed by atoms with Gasteiger partial charge < -0.3 is 4.74 Å². The molecular formula is C21H30N2O. The molecule has 0 spiro atoms. The molecule has 3 nitrogen and oxygen atoms in total. The van der Waals surface area contributed by atoms with Gasteiger partial charge in [0.2, 0.25) is 0 Å². The Balaban J connectivity index is 2.09. The number of aromatic nitrogens is 2. The number of hydrogen-bond donors (Lipinski definition) is 0. The summed E-state index contributed by atoms with van der Waals surface area (Å²) in [7, 11) is 0. The minimum Gasteiger partial charge on any atom is -0.493 e. The van der Waals surface area contributed by atoms with Crippen molar-refractivity contribution in [1.82, 2.24) is 9.97 Å². The lowest BCUT2D eigenvalue weighted by Gasteiger charge is -2.13. The topological polar surface area (TPSA) is 35.0 Å². The van der Waals surface area contributed by atoms with Gasteiger partial charge in [-0.25, -0.2) is 9.97 Å². The summed E-state index contributed by atoms with van der Waals surface area (Å²) >= 11 is 0. The Bertz CT molecular complexity index is 612. The van der Waals surface area contributed by atoms with Gasteiger partial charge >= 0.3 is 0 Å². The fourth-order valence-corrected chi connectivity index (χ4v) is 2.57. The largest absolute Gasteiger partial charge is 0.493 e. The van der Waals surface area contributed by atoms with E-state index in [9.17, 15) is 0 Å². The van der Waals surface area contributed by atoms with Crippen LogP contribution in [-0.2, 0) is 6.42 Å². The average molecular weight is 326 g/mol. The van der Waals surface area contributed by atoms with Crippen molar-refractivity contribution in [3.8, 4) is 17.1 Å². The average Bonchev–Trinajstić information content (AvgIpc) is 2.62. The van der Waals surface area contributed by atoms with Gasteiger partial charge in [-0.3, -0.25) is 0 Å². The molecule has 130 valence electrons. The minimum absolute atomic E-state index is 0.690. The molecule has 24 heavy (non-hydrogen) atoms. The molecule has 0 aliphatic heterocycles. The smallest absolute Gasteiger partial charge is 0.163 e. The van der Waals surface area contributed by atoms with E-state index in [-0.39, 0.29) is 0 Å². The molecule has 2 rings (SSSR count). The Kier molecular flexibility index (Phi) is 7.73. The highest BCUT2D eigenvalue weighted by atomic mass is 16.5. The maximum atomic E-state index is 6.02. The van der Waals surface area contributed by atoms with Crippen LogP contribution in [0.5, 0.6) is 5.75 Å². The Hall–Kier alpha value is -1.90. The van der Waals surface area contributed by atoms with E-state index >= 15 is 0 Å². The summed E-state index contributed by atoms with van der Waals surface area (Å²) in [5, 5.41) is 0. The second kappa shape index (κ2) is 10.1. The Labute approximate surface area is 146 Å². The van der Waals surface area contributed by atoms with Gasteiger partial charge in [0.25, 0.3) is 0 Å². The third-order valence-electron chi connectivity index (χ3n) is 4.44. The monoisotopic (exact) mass is 326 g/mol. The third kappa shape index (κ3) is 5.63. The molecule has 0 saturated carbocycles. The zero-order valence-electron chi connectivity index (χ0n) is 15.3. The van der Waals surface area contributed by atoms with Crippen LogP contribution in [-0.4, -0.2) is 16.6 Å². The van der Waals surface area contributed by atoms with Crippen LogP contribution in [0.1, 0.15) is 58.6 Å². The number of nitrogens with zero attached hydrogens (tertiary/aromatic N) is 2. The Morgan fingerprint density at radius 2 is 1.92 bits per heavy atom. The lowest BCUT2D eigenvalue weighted by atomic mass is 10.1. The highest BCUT2D eigenvalue weighted by Crippen LogP contribution is 2.27. The summed E-state index contributed by atoms with van der Waals surface area (Å²) < 4.78 is 6.02. The van der Waals surface area contributed by atoms with Gasteiger partial charge in [0, 0.05) is 11.9 Å².